The lowest BCUT2D eigenvalue weighted by molar-refractivity contribution is 0.0784. The number of pyridine rings is 1. The summed E-state index contributed by atoms with van der Waals surface area (Å²) in [5, 5.41) is 9.70. The number of hydrogen-bond donors (Lipinski definition) is 2. The Morgan fingerprint density at radius 2 is 2.08 bits per heavy atom. The van der Waals surface area contributed by atoms with Crippen molar-refractivity contribution in [1.82, 2.24) is 25.4 Å². The van der Waals surface area contributed by atoms with E-state index in [0.717, 1.165) is 23.5 Å². The molecule has 1 aliphatic heterocycles. The Kier molecular flexibility index (Phi) is 5.06. The molecule has 2 amide bonds. The molecule has 1 atom stereocenters. The Morgan fingerprint density at radius 3 is 2.73 bits per heavy atom. The quantitative estimate of drug-likeness (QED) is 0.880. The van der Waals surface area contributed by atoms with Crippen LogP contribution in [-0.4, -0.2) is 52.0 Å². The second-order valence-electron chi connectivity index (χ2n) is 7.10. The molecule has 3 rings (SSSR count). The van der Waals surface area contributed by atoms with Crippen LogP contribution < -0.4 is 5.32 Å². The van der Waals surface area contributed by atoms with Crippen molar-refractivity contribution in [3.05, 3.63) is 46.5 Å². The number of rotatable bonds is 4. The van der Waals surface area contributed by atoms with Gasteiger partial charge in [0.05, 0.1) is 5.69 Å². The van der Waals surface area contributed by atoms with Gasteiger partial charge in [-0.2, -0.15) is 5.10 Å². The number of carbonyl (C=O) groups is 2. The highest BCUT2D eigenvalue weighted by molar-refractivity contribution is 5.94. The number of aromatic nitrogens is 3. The van der Waals surface area contributed by atoms with E-state index < -0.39 is 0 Å². The first-order valence-electron chi connectivity index (χ1n) is 8.94. The Labute approximate surface area is 153 Å². The van der Waals surface area contributed by atoms with Crippen LogP contribution in [0.3, 0.4) is 0 Å². The van der Waals surface area contributed by atoms with Crippen LogP contribution in [-0.2, 0) is 0 Å². The number of carbonyl (C=O) groups excluding carboxylic acids is 2. The number of H-pyrrole nitrogens is 1. The first-order valence-corrected chi connectivity index (χ1v) is 8.94. The average Bonchev–Trinajstić information content (AvgIpc) is 3.29. The largest absolute Gasteiger partial charge is 0.355 e. The molecule has 7 heteroatoms. The SMILES string of the molecule is CNC(=O)c1cc(C)nc(C2CCN(C(=O)c3cc(C(C)C)n[nH]3)C2)c1. The summed E-state index contributed by atoms with van der Waals surface area (Å²) in [7, 11) is 1.61. The number of likely N-dealkylation sites (tertiary alicyclic amines) is 1. The summed E-state index contributed by atoms with van der Waals surface area (Å²) in [5.41, 5.74) is 3.69. The van der Waals surface area contributed by atoms with E-state index in [0.29, 0.717) is 24.3 Å². The molecule has 1 unspecified atom stereocenters. The van der Waals surface area contributed by atoms with Gasteiger partial charge in [0.25, 0.3) is 11.8 Å². The summed E-state index contributed by atoms with van der Waals surface area (Å²) in [6.45, 7) is 7.24. The van der Waals surface area contributed by atoms with Crippen molar-refractivity contribution in [2.24, 2.45) is 0 Å². The Bertz CT molecular complexity index is 827. The molecule has 1 aliphatic rings. The van der Waals surface area contributed by atoms with Gasteiger partial charge in [-0.1, -0.05) is 13.8 Å². The topological polar surface area (TPSA) is 91.0 Å². The van der Waals surface area contributed by atoms with Gasteiger partial charge in [-0.15, -0.1) is 0 Å². The molecule has 0 spiro atoms. The molecule has 7 nitrogen and oxygen atoms in total. The van der Waals surface area contributed by atoms with Crippen LogP contribution in [0.25, 0.3) is 0 Å². The minimum atomic E-state index is -0.124. The van der Waals surface area contributed by atoms with Crippen molar-refractivity contribution in [2.45, 2.75) is 39.0 Å². The molecule has 2 aromatic rings. The zero-order chi connectivity index (χ0) is 18.8. The minimum Gasteiger partial charge on any atom is -0.355 e. The highest BCUT2D eigenvalue weighted by atomic mass is 16.2. The smallest absolute Gasteiger partial charge is 0.271 e. The third-order valence-corrected chi connectivity index (χ3v) is 4.78. The standard InChI is InChI=1S/C19H25N5O2/c1-11(2)15-9-17(23-22-15)19(26)24-6-5-13(10-24)16-8-14(18(25)20-4)7-12(3)21-16/h7-9,11,13H,5-6,10H2,1-4H3,(H,20,25)(H,22,23). The molecule has 2 aromatic heterocycles. The summed E-state index contributed by atoms with van der Waals surface area (Å²) >= 11 is 0. The molecular formula is C19H25N5O2. The van der Waals surface area contributed by atoms with Crippen LogP contribution in [0.4, 0.5) is 0 Å². The molecule has 26 heavy (non-hydrogen) atoms. The number of nitrogens with one attached hydrogen (secondary N) is 2. The fourth-order valence-corrected chi connectivity index (χ4v) is 3.28. The van der Waals surface area contributed by atoms with Gasteiger partial charge in [-0.3, -0.25) is 19.7 Å². The minimum absolute atomic E-state index is 0.0360. The van der Waals surface area contributed by atoms with E-state index in [-0.39, 0.29) is 23.7 Å². The zero-order valence-electron chi connectivity index (χ0n) is 15.7. The van der Waals surface area contributed by atoms with Crippen LogP contribution in [0.5, 0.6) is 0 Å². The van der Waals surface area contributed by atoms with Crippen LogP contribution in [0.1, 0.15) is 70.0 Å². The van der Waals surface area contributed by atoms with Gasteiger partial charge in [-0.25, -0.2) is 0 Å². The Morgan fingerprint density at radius 1 is 1.31 bits per heavy atom. The molecule has 3 heterocycles. The number of hydrogen-bond acceptors (Lipinski definition) is 4. The molecule has 0 aromatic carbocycles. The average molecular weight is 355 g/mol. The Hall–Kier alpha value is -2.70. The molecule has 1 saturated heterocycles. The van der Waals surface area contributed by atoms with Crippen LogP contribution >= 0.6 is 0 Å². The molecule has 0 radical (unpaired) electrons. The molecule has 2 N–H and O–H groups in total. The highest BCUT2D eigenvalue weighted by Crippen LogP contribution is 2.28. The second-order valence-corrected chi connectivity index (χ2v) is 7.10. The predicted molar refractivity (Wildman–Crippen MR) is 98.3 cm³/mol. The van der Waals surface area contributed by atoms with E-state index in [9.17, 15) is 9.59 Å². The predicted octanol–water partition coefficient (Wildman–Crippen LogP) is 2.23. The summed E-state index contributed by atoms with van der Waals surface area (Å²) < 4.78 is 0. The van der Waals surface area contributed by atoms with Crippen molar-refractivity contribution in [3.63, 3.8) is 0 Å². The maximum atomic E-state index is 12.7. The summed E-state index contributed by atoms with van der Waals surface area (Å²) in [4.78, 5) is 31.1. The summed E-state index contributed by atoms with van der Waals surface area (Å²) in [6.07, 6.45) is 0.834. The van der Waals surface area contributed by atoms with E-state index in [1.807, 2.05) is 37.8 Å². The van der Waals surface area contributed by atoms with E-state index >= 15 is 0 Å². The lowest BCUT2D eigenvalue weighted by Gasteiger charge is -2.16. The summed E-state index contributed by atoms with van der Waals surface area (Å²) in [5.74, 6) is 0.251. The monoisotopic (exact) mass is 355 g/mol. The van der Waals surface area contributed by atoms with Gasteiger partial charge in [0.1, 0.15) is 5.69 Å². The lowest BCUT2D eigenvalue weighted by Crippen LogP contribution is -2.29. The Balaban J connectivity index is 1.75. The zero-order valence-corrected chi connectivity index (χ0v) is 15.7. The van der Waals surface area contributed by atoms with Gasteiger partial charge < -0.3 is 10.2 Å². The van der Waals surface area contributed by atoms with Gasteiger partial charge in [0, 0.05) is 43.0 Å². The van der Waals surface area contributed by atoms with Gasteiger partial charge in [-0.05, 0) is 37.5 Å². The lowest BCUT2D eigenvalue weighted by atomic mass is 10.0. The molecule has 1 fully saturated rings. The molecule has 0 saturated carbocycles. The van der Waals surface area contributed by atoms with Crippen molar-refractivity contribution < 1.29 is 9.59 Å². The van der Waals surface area contributed by atoms with Crippen molar-refractivity contribution >= 4 is 11.8 Å². The highest BCUT2D eigenvalue weighted by Gasteiger charge is 2.30. The molecule has 138 valence electrons. The third kappa shape index (κ3) is 3.61. The first kappa shape index (κ1) is 18.1. The van der Waals surface area contributed by atoms with Crippen LogP contribution in [0.15, 0.2) is 18.2 Å². The van der Waals surface area contributed by atoms with Crippen LogP contribution in [0.2, 0.25) is 0 Å². The normalized spacial score (nSPS) is 17.0. The van der Waals surface area contributed by atoms with Gasteiger partial charge >= 0.3 is 0 Å². The molecular weight excluding hydrogens is 330 g/mol. The maximum absolute atomic E-state index is 12.7. The number of aryl methyl sites for hydroxylation is 1. The van der Waals surface area contributed by atoms with E-state index in [1.165, 1.54) is 0 Å². The van der Waals surface area contributed by atoms with Crippen molar-refractivity contribution in [1.29, 1.82) is 0 Å². The fourth-order valence-electron chi connectivity index (χ4n) is 3.28. The van der Waals surface area contributed by atoms with E-state index in [4.69, 9.17) is 0 Å². The third-order valence-electron chi connectivity index (χ3n) is 4.78. The maximum Gasteiger partial charge on any atom is 0.271 e. The molecule has 0 aliphatic carbocycles. The van der Waals surface area contributed by atoms with Crippen molar-refractivity contribution in [3.8, 4) is 0 Å². The van der Waals surface area contributed by atoms with Crippen molar-refractivity contribution in [2.75, 3.05) is 20.1 Å². The van der Waals surface area contributed by atoms with Crippen LogP contribution in [0, 0.1) is 6.92 Å². The van der Waals surface area contributed by atoms with Gasteiger partial charge in [0.2, 0.25) is 0 Å². The fraction of sp³-hybridized carbons (Fsp3) is 0.474. The van der Waals surface area contributed by atoms with E-state index in [1.54, 1.807) is 13.1 Å². The summed E-state index contributed by atoms with van der Waals surface area (Å²) in [6, 6.07) is 5.44. The number of amides is 2. The number of aromatic amines is 1. The van der Waals surface area contributed by atoms with Gasteiger partial charge in [0.15, 0.2) is 0 Å². The second kappa shape index (κ2) is 7.27. The van der Waals surface area contributed by atoms with E-state index in [2.05, 4.69) is 20.5 Å². The first-order chi connectivity index (χ1) is 12.4. The molecule has 0 bridgehead atoms. The number of nitrogens with zero attached hydrogens (tertiary/aromatic N) is 3.